The van der Waals surface area contributed by atoms with Crippen LogP contribution in [-0.2, 0) is 9.59 Å². The summed E-state index contributed by atoms with van der Waals surface area (Å²) in [5, 5.41) is 20.1. The predicted molar refractivity (Wildman–Crippen MR) is 77.6 cm³/mol. The van der Waals surface area contributed by atoms with Crippen molar-refractivity contribution < 1.29 is 19.6 Å². The van der Waals surface area contributed by atoms with Gasteiger partial charge in [-0.1, -0.05) is 23.2 Å². The second-order valence-electron chi connectivity index (χ2n) is 4.10. The molecule has 1 aromatic carbocycles. The fraction of sp³-hybridized carbons (Fsp3) is 0.167. The molecule has 1 aromatic rings. The molecule has 1 rings (SSSR count). The normalized spacial score (nSPS) is 11.6. The molecule has 0 aliphatic carbocycles. The van der Waals surface area contributed by atoms with Crippen molar-refractivity contribution in [1.82, 2.24) is 0 Å². The van der Waals surface area contributed by atoms with Crippen LogP contribution in [0, 0.1) is 24.0 Å². The summed E-state index contributed by atoms with van der Waals surface area (Å²) in [5.41, 5.74) is 0.953. The van der Waals surface area contributed by atoms with Crippen LogP contribution in [0.5, 0.6) is 0 Å². The number of halogens is 2. The summed E-state index contributed by atoms with van der Waals surface area (Å²) in [6.07, 6.45) is 0. The number of nitro groups is 1. The molecule has 0 heterocycles. The van der Waals surface area contributed by atoms with E-state index in [9.17, 15) is 19.7 Å². The molecule has 0 spiro atoms. The quantitative estimate of drug-likeness (QED) is 0.500. The van der Waals surface area contributed by atoms with Crippen molar-refractivity contribution in [2.45, 2.75) is 13.8 Å². The number of nitro benzene ring substituents is 1. The summed E-state index contributed by atoms with van der Waals surface area (Å²) in [5.74, 6) is -2.62. The molecule has 0 unspecified atom stereocenters. The van der Waals surface area contributed by atoms with Gasteiger partial charge in [0.15, 0.2) is 0 Å². The topological polar surface area (TPSA) is 110 Å². The molecule has 21 heavy (non-hydrogen) atoms. The average Bonchev–Trinajstić information content (AvgIpc) is 2.40. The van der Waals surface area contributed by atoms with Crippen molar-refractivity contribution in [3.8, 4) is 0 Å². The highest BCUT2D eigenvalue weighted by molar-refractivity contribution is 6.54. The lowest BCUT2D eigenvalue weighted by Crippen LogP contribution is -2.15. The molecule has 0 saturated carbocycles. The molecule has 0 fully saturated rings. The third-order valence-corrected chi connectivity index (χ3v) is 3.44. The zero-order valence-electron chi connectivity index (χ0n) is 10.9. The van der Waals surface area contributed by atoms with Crippen molar-refractivity contribution in [3.05, 3.63) is 43.4 Å². The highest BCUT2D eigenvalue weighted by atomic mass is 35.5. The van der Waals surface area contributed by atoms with Crippen LogP contribution in [-0.4, -0.2) is 21.9 Å². The van der Waals surface area contributed by atoms with Crippen molar-refractivity contribution in [3.63, 3.8) is 0 Å². The highest BCUT2D eigenvalue weighted by Crippen LogP contribution is 2.29. The molecular formula is C12H10Cl2N2O5. The molecule has 2 N–H and O–H groups in total. The first-order valence-corrected chi connectivity index (χ1v) is 6.26. The van der Waals surface area contributed by atoms with E-state index in [1.54, 1.807) is 13.8 Å². The molecule has 0 atom stereocenters. The van der Waals surface area contributed by atoms with Crippen LogP contribution in [0.15, 0.2) is 22.2 Å². The van der Waals surface area contributed by atoms with Crippen molar-refractivity contribution in [2.24, 2.45) is 0 Å². The Morgan fingerprint density at radius 2 is 1.71 bits per heavy atom. The van der Waals surface area contributed by atoms with E-state index >= 15 is 0 Å². The minimum Gasteiger partial charge on any atom is -0.477 e. The van der Waals surface area contributed by atoms with Gasteiger partial charge in [-0.3, -0.25) is 14.9 Å². The van der Waals surface area contributed by atoms with Crippen LogP contribution < -0.4 is 5.32 Å². The van der Waals surface area contributed by atoms with Gasteiger partial charge in [0.1, 0.15) is 15.8 Å². The average molecular weight is 333 g/mol. The van der Waals surface area contributed by atoms with Gasteiger partial charge in [0.05, 0.1) is 4.92 Å². The van der Waals surface area contributed by atoms with Crippen molar-refractivity contribution in [1.29, 1.82) is 0 Å². The molecule has 0 aliphatic rings. The van der Waals surface area contributed by atoms with E-state index in [1.165, 1.54) is 12.1 Å². The number of nitrogens with one attached hydrogen (secondary N) is 1. The number of nitrogens with zero attached hydrogens (tertiary/aromatic N) is 1. The fourth-order valence-electron chi connectivity index (χ4n) is 1.42. The van der Waals surface area contributed by atoms with Gasteiger partial charge in [-0.05, 0) is 31.0 Å². The summed E-state index contributed by atoms with van der Waals surface area (Å²) in [6, 6.07) is 2.69. The molecule has 1 amide bonds. The van der Waals surface area contributed by atoms with Gasteiger partial charge in [-0.25, -0.2) is 4.79 Å². The maximum atomic E-state index is 11.8. The van der Waals surface area contributed by atoms with E-state index in [0.29, 0.717) is 11.1 Å². The van der Waals surface area contributed by atoms with Crippen molar-refractivity contribution in [2.75, 3.05) is 5.32 Å². The van der Waals surface area contributed by atoms with Gasteiger partial charge in [0.2, 0.25) is 0 Å². The number of amides is 1. The van der Waals surface area contributed by atoms with Crippen LogP contribution >= 0.6 is 23.2 Å². The van der Waals surface area contributed by atoms with E-state index in [4.69, 9.17) is 28.3 Å². The van der Waals surface area contributed by atoms with Crippen molar-refractivity contribution >= 4 is 46.5 Å². The fourth-order valence-corrected chi connectivity index (χ4v) is 1.64. The number of aliphatic carboxylic acids is 1. The van der Waals surface area contributed by atoms with E-state index < -0.39 is 26.9 Å². The Morgan fingerprint density at radius 1 is 1.19 bits per heavy atom. The molecule has 7 nitrogen and oxygen atoms in total. The summed E-state index contributed by atoms with van der Waals surface area (Å²) >= 11 is 10.9. The zero-order chi connectivity index (χ0) is 16.3. The number of benzene rings is 1. The standard InChI is InChI=1S/C12H10Cl2N2O5/c1-5-3-7(8(16(20)21)4-6(5)2)15-11(17)9(13)10(14)12(18)19/h3-4H,1-2H3,(H,15,17)(H,18,19)/b10-9+. The first kappa shape index (κ1) is 16.9. The van der Waals surface area contributed by atoms with Gasteiger partial charge in [0, 0.05) is 6.07 Å². The Hall–Kier alpha value is -2.12. The van der Waals surface area contributed by atoms with E-state index in [2.05, 4.69) is 5.32 Å². The molecule has 0 saturated heterocycles. The number of rotatable bonds is 4. The molecular weight excluding hydrogens is 323 g/mol. The lowest BCUT2D eigenvalue weighted by atomic mass is 10.1. The highest BCUT2D eigenvalue weighted by Gasteiger charge is 2.22. The maximum Gasteiger partial charge on any atom is 0.349 e. The number of carboxylic acids is 1. The van der Waals surface area contributed by atoms with Gasteiger partial charge < -0.3 is 10.4 Å². The number of carbonyl (C=O) groups is 2. The number of hydrogen-bond acceptors (Lipinski definition) is 4. The third-order valence-electron chi connectivity index (χ3n) is 2.64. The lowest BCUT2D eigenvalue weighted by molar-refractivity contribution is -0.384. The molecule has 0 aliphatic heterocycles. The largest absolute Gasteiger partial charge is 0.477 e. The lowest BCUT2D eigenvalue weighted by Gasteiger charge is -2.08. The Morgan fingerprint density at radius 3 is 2.19 bits per heavy atom. The predicted octanol–water partition coefficient (Wildman–Crippen LogP) is 2.92. The molecule has 9 heteroatoms. The van der Waals surface area contributed by atoms with Crippen LogP contribution in [0.3, 0.4) is 0 Å². The van der Waals surface area contributed by atoms with Crippen LogP contribution in [0.4, 0.5) is 11.4 Å². The molecule has 0 radical (unpaired) electrons. The summed E-state index contributed by atoms with van der Waals surface area (Å²) in [4.78, 5) is 32.7. The first-order valence-electron chi connectivity index (χ1n) is 5.50. The first-order chi connectivity index (χ1) is 9.65. The Kier molecular flexibility index (Phi) is 5.28. The Bertz CT molecular complexity index is 670. The number of carboxylic acid groups (broad SMARTS) is 1. The SMILES string of the molecule is Cc1cc(NC(=O)/C(Cl)=C(\Cl)C(=O)O)c([N+](=O)[O-])cc1C. The maximum absolute atomic E-state index is 11.8. The van der Waals surface area contributed by atoms with Gasteiger partial charge in [-0.2, -0.15) is 0 Å². The van der Waals surface area contributed by atoms with E-state index in [0.717, 1.165) is 0 Å². The monoisotopic (exact) mass is 332 g/mol. The summed E-state index contributed by atoms with van der Waals surface area (Å²) < 4.78 is 0. The van der Waals surface area contributed by atoms with Gasteiger partial charge >= 0.3 is 5.97 Å². The Balaban J connectivity index is 3.22. The number of carbonyl (C=O) groups excluding carboxylic acids is 1. The molecule has 0 aromatic heterocycles. The van der Waals surface area contributed by atoms with Gasteiger partial charge in [-0.15, -0.1) is 0 Å². The van der Waals surface area contributed by atoms with Crippen LogP contribution in [0.2, 0.25) is 0 Å². The second-order valence-corrected chi connectivity index (χ2v) is 4.85. The third kappa shape index (κ3) is 3.93. The smallest absolute Gasteiger partial charge is 0.349 e. The number of anilines is 1. The minimum absolute atomic E-state index is 0.0962. The number of aryl methyl sites for hydroxylation is 2. The van der Waals surface area contributed by atoms with Crippen LogP contribution in [0.25, 0.3) is 0 Å². The number of hydrogen-bond donors (Lipinski definition) is 2. The van der Waals surface area contributed by atoms with Crippen LogP contribution in [0.1, 0.15) is 11.1 Å². The van der Waals surface area contributed by atoms with Gasteiger partial charge in [0.25, 0.3) is 11.6 Å². The Labute approximate surface area is 129 Å². The summed E-state index contributed by atoms with van der Waals surface area (Å²) in [6.45, 7) is 3.39. The second kappa shape index (κ2) is 6.55. The summed E-state index contributed by atoms with van der Waals surface area (Å²) in [7, 11) is 0. The van der Waals surface area contributed by atoms with E-state index in [1.807, 2.05) is 0 Å². The zero-order valence-corrected chi connectivity index (χ0v) is 12.4. The minimum atomic E-state index is -1.58. The molecule has 0 bridgehead atoms. The molecule has 112 valence electrons. The van der Waals surface area contributed by atoms with E-state index in [-0.39, 0.29) is 11.4 Å².